The summed E-state index contributed by atoms with van der Waals surface area (Å²) < 4.78 is 11.8. The van der Waals surface area contributed by atoms with Crippen molar-refractivity contribution < 1.29 is 19.4 Å². The Morgan fingerprint density at radius 3 is 2.61 bits per heavy atom. The Morgan fingerprint density at radius 2 is 2.04 bits per heavy atom. The molecule has 2 aliphatic rings. The minimum absolute atomic E-state index is 0.157. The van der Waals surface area contributed by atoms with E-state index in [1.807, 2.05) is 18.2 Å². The quantitative estimate of drug-likeness (QED) is 0.873. The Labute approximate surface area is 137 Å². The predicted octanol–water partition coefficient (Wildman–Crippen LogP) is 2.67. The van der Waals surface area contributed by atoms with Crippen molar-refractivity contribution in [1.82, 2.24) is 4.90 Å². The van der Waals surface area contributed by atoms with Crippen LogP contribution in [0, 0.1) is 0 Å². The van der Waals surface area contributed by atoms with Crippen LogP contribution in [0.1, 0.15) is 37.7 Å². The fourth-order valence-electron chi connectivity index (χ4n) is 3.47. The number of ether oxygens (including phenoxy) is 2. The monoisotopic (exact) mass is 319 g/mol. The molecular formula is C18H25NO4. The molecule has 5 nitrogen and oxygen atoms in total. The number of para-hydroxylation sites is 1. The molecule has 1 saturated heterocycles. The zero-order chi connectivity index (χ0) is 16.4. The van der Waals surface area contributed by atoms with Gasteiger partial charge in [0.1, 0.15) is 6.10 Å². The van der Waals surface area contributed by atoms with Gasteiger partial charge >= 0.3 is 5.97 Å². The van der Waals surface area contributed by atoms with Gasteiger partial charge in [0.2, 0.25) is 0 Å². The van der Waals surface area contributed by atoms with Crippen LogP contribution >= 0.6 is 0 Å². The van der Waals surface area contributed by atoms with Gasteiger partial charge in [0.25, 0.3) is 0 Å². The van der Waals surface area contributed by atoms with Gasteiger partial charge in [-0.05, 0) is 38.8 Å². The molecule has 0 amide bonds. The van der Waals surface area contributed by atoms with Crippen LogP contribution < -0.4 is 9.47 Å². The van der Waals surface area contributed by atoms with Gasteiger partial charge in [0.15, 0.2) is 11.5 Å². The van der Waals surface area contributed by atoms with E-state index in [0.717, 1.165) is 50.1 Å². The molecule has 0 spiro atoms. The molecule has 5 heteroatoms. The van der Waals surface area contributed by atoms with Gasteiger partial charge in [0.05, 0.1) is 13.5 Å². The fraction of sp³-hybridized carbons (Fsp3) is 0.611. The van der Waals surface area contributed by atoms with Crippen molar-refractivity contribution in [3.05, 3.63) is 23.8 Å². The lowest BCUT2D eigenvalue weighted by atomic mass is 9.91. The standard InChI is InChI=1S/C18H25NO4/c1-19-10-6-13(7-11-19)23-17-14(4-3-5-15(17)22-2)18(8-9-18)12-16(20)21/h3-5,13H,6-12H2,1-2H3,(H,20,21). The lowest BCUT2D eigenvalue weighted by molar-refractivity contribution is -0.137. The predicted molar refractivity (Wildman–Crippen MR) is 87.3 cm³/mol. The number of rotatable bonds is 6. The summed E-state index contributed by atoms with van der Waals surface area (Å²) in [6.45, 7) is 2.05. The minimum Gasteiger partial charge on any atom is -0.493 e. The molecule has 23 heavy (non-hydrogen) atoms. The number of hydrogen-bond acceptors (Lipinski definition) is 4. The largest absolute Gasteiger partial charge is 0.493 e. The number of methoxy groups -OCH3 is 1. The van der Waals surface area contributed by atoms with Crippen molar-refractivity contribution >= 4 is 5.97 Å². The molecule has 1 aliphatic carbocycles. The number of piperidine rings is 1. The van der Waals surface area contributed by atoms with Gasteiger partial charge in [-0.2, -0.15) is 0 Å². The fourth-order valence-corrected chi connectivity index (χ4v) is 3.47. The molecule has 126 valence electrons. The maximum Gasteiger partial charge on any atom is 0.304 e. The molecule has 2 fully saturated rings. The maximum atomic E-state index is 11.2. The van der Waals surface area contributed by atoms with E-state index in [1.165, 1.54) is 0 Å². The Hall–Kier alpha value is -1.75. The van der Waals surface area contributed by atoms with E-state index in [1.54, 1.807) is 7.11 Å². The summed E-state index contributed by atoms with van der Waals surface area (Å²) in [5, 5.41) is 9.24. The molecule has 0 bridgehead atoms. The first-order valence-electron chi connectivity index (χ1n) is 8.28. The number of likely N-dealkylation sites (tertiary alicyclic amines) is 1. The van der Waals surface area contributed by atoms with Crippen LogP contribution in [-0.4, -0.2) is 49.3 Å². The Balaban J connectivity index is 1.87. The van der Waals surface area contributed by atoms with E-state index in [-0.39, 0.29) is 17.9 Å². The average molecular weight is 319 g/mol. The van der Waals surface area contributed by atoms with Crippen LogP contribution in [0.3, 0.4) is 0 Å². The summed E-state index contributed by atoms with van der Waals surface area (Å²) in [6, 6.07) is 5.82. The highest BCUT2D eigenvalue weighted by atomic mass is 16.5. The minimum atomic E-state index is -0.754. The van der Waals surface area contributed by atoms with Crippen molar-refractivity contribution in [3.8, 4) is 11.5 Å². The van der Waals surface area contributed by atoms with E-state index in [0.29, 0.717) is 5.75 Å². The molecule has 1 heterocycles. The van der Waals surface area contributed by atoms with E-state index in [2.05, 4.69) is 11.9 Å². The van der Waals surface area contributed by atoms with Crippen LogP contribution in [0.25, 0.3) is 0 Å². The van der Waals surface area contributed by atoms with Crippen LogP contribution in [0.5, 0.6) is 11.5 Å². The van der Waals surface area contributed by atoms with E-state index < -0.39 is 5.97 Å². The summed E-state index contributed by atoms with van der Waals surface area (Å²) in [4.78, 5) is 13.5. The molecule has 0 unspecified atom stereocenters. The van der Waals surface area contributed by atoms with E-state index in [9.17, 15) is 9.90 Å². The zero-order valence-corrected chi connectivity index (χ0v) is 13.9. The third-order valence-electron chi connectivity index (χ3n) is 5.06. The van der Waals surface area contributed by atoms with Crippen molar-refractivity contribution in [2.24, 2.45) is 0 Å². The molecule has 0 atom stereocenters. The molecule has 0 radical (unpaired) electrons. The first-order valence-corrected chi connectivity index (χ1v) is 8.28. The Kier molecular flexibility index (Phi) is 4.48. The molecule has 3 rings (SSSR count). The normalized spacial score (nSPS) is 21.0. The molecule has 1 saturated carbocycles. The second-order valence-corrected chi connectivity index (χ2v) is 6.81. The van der Waals surface area contributed by atoms with Gasteiger partial charge in [-0.15, -0.1) is 0 Å². The molecule has 0 aromatic heterocycles. The Bertz CT molecular complexity index is 574. The third kappa shape index (κ3) is 3.44. The number of carboxylic acid groups (broad SMARTS) is 1. The summed E-state index contributed by atoms with van der Waals surface area (Å²) in [5.41, 5.74) is 0.722. The molecular weight excluding hydrogens is 294 g/mol. The molecule has 1 N–H and O–H groups in total. The first-order chi connectivity index (χ1) is 11.0. The Morgan fingerprint density at radius 1 is 1.35 bits per heavy atom. The molecule has 1 aromatic carbocycles. The highest BCUT2D eigenvalue weighted by molar-refractivity contribution is 5.71. The summed E-state index contributed by atoms with van der Waals surface area (Å²) in [7, 11) is 3.76. The van der Waals surface area contributed by atoms with Crippen LogP contribution in [0.2, 0.25) is 0 Å². The number of aliphatic carboxylic acids is 1. The number of benzene rings is 1. The summed E-state index contributed by atoms with van der Waals surface area (Å²) in [6.07, 6.45) is 4.10. The lowest BCUT2D eigenvalue weighted by Gasteiger charge is -2.31. The van der Waals surface area contributed by atoms with Crippen molar-refractivity contribution in [3.63, 3.8) is 0 Å². The van der Waals surface area contributed by atoms with Crippen molar-refractivity contribution in [1.29, 1.82) is 0 Å². The van der Waals surface area contributed by atoms with Crippen molar-refractivity contribution in [2.45, 2.75) is 43.6 Å². The summed E-state index contributed by atoms with van der Waals surface area (Å²) in [5.74, 6) is 0.706. The zero-order valence-electron chi connectivity index (χ0n) is 13.9. The van der Waals surface area contributed by atoms with Gasteiger partial charge in [-0.1, -0.05) is 12.1 Å². The SMILES string of the molecule is COc1cccc(C2(CC(=O)O)CC2)c1OC1CCN(C)CC1. The summed E-state index contributed by atoms with van der Waals surface area (Å²) >= 11 is 0. The number of hydrogen-bond donors (Lipinski definition) is 1. The lowest BCUT2D eigenvalue weighted by Crippen LogP contribution is -2.36. The number of carbonyl (C=O) groups is 1. The number of nitrogens with zero attached hydrogens (tertiary/aromatic N) is 1. The third-order valence-corrected chi connectivity index (χ3v) is 5.06. The topological polar surface area (TPSA) is 59.0 Å². The average Bonchev–Trinajstić information content (AvgIpc) is 3.29. The maximum absolute atomic E-state index is 11.2. The first kappa shape index (κ1) is 16.1. The van der Waals surface area contributed by atoms with Crippen LogP contribution in [0.15, 0.2) is 18.2 Å². The van der Waals surface area contributed by atoms with E-state index >= 15 is 0 Å². The highest BCUT2D eigenvalue weighted by Gasteiger charge is 2.48. The highest BCUT2D eigenvalue weighted by Crippen LogP contribution is 2.55. The smallest absolute Gasteiger partial charge is 0.304 e. The van der Waals surface area contributed by atoms with Gasteiger partial charge in [0, 0.05) is 24.1 Å². The van der Waals surface area contributed by atoms with Gasteiger partial charge < -0.3 is 19.5 Å². The van der Waals surface area contributed by atoms with E-state index in [4.69, 9.17) is 9.47 Å². The van der Waals surface area contributed by atoms with Crippen molar-refractivity contribution in [2.75, 3.05) is 27.2 Å². The second-order valence-electron chi connectivity index (χ2n) is 6.81. The van der Waals surface area contributed by atoms with Gasteiger partial charge in [-0.25, -0.2) is 0 Å². The number of carboxylic acids is 1. The second kappa shape index (κ2) is 6.40. The molecule has 1 aromatic rings. The van der Waals surface area contributed by atoms with Crippen LogP contribution in [0.4, 0.5) is 0 Å². The molecule has 1 aliphatic heterocycles. The van der Waals surface area contributed by atoms with Gasteiger partial charge in [-0.3, -0.25) is 4.79 Å². The van der Waals surface area contributed by atoms with Crippen LogP contribution in [-0.2, 0) is 10.2 Å².